The fraction of sp³-hybridized carbons (Fsp3) is 0.0455. The Bertz CT molecular complexity index is 1050. The van der Waals surface area contributed by atoms with Gasteiger partial charge in [0, 0.05) is 28.5 Å². The van der Waals surface area contributed by atoms with E-state index in [1.807, 2.05) is 48.7 Å². The second-order valence-corrected chi connectivity index (χ2v) is 6.64. The van der Waals surface area contributed by atoms with Crippen LogP contribution in [0.2, 0.25) is 0 Å². The standard InChI is InChI=1S/C22H19N3S/c1-26-25-22-18-14-17(23)12-13-19(18)24-21(16-10-6-3-7-11-16)20(22)15-8-4-2-5-9-15/h2-14H,23H2,1H3,(H,24,25). The molecule has 0 amide bonds. The Kier molecular flexibility index (Phi) is 4.50. The zero-order valence-electron chi connectivity index (χ0n) is 14.4. The maximum atomic E-state index is 6.06. The van der Waals surface area contributed by atoms with E-state index in [0.717, 1.165) is 44.7 Å². The first-order valence-electron chi connectivity index (χ1n) is 8.41. The van der Waals surface area contributed by atoms with E-state index in [1.165, 1.54) is 0 Å². The number of anilines is 2. The molecule has 0 spiro atoms. The van der Waals surface area contributed by atoms with Crippen LogP contribution in [0.15, 0.2) is 78.9 Å². The fourth-order valence-corrected chi connectivity index (χ4v) is 3.60. The molecule has 0 atom stereocenters. The molecule has 26 heavy (non-hydrogen) atoms. The van der Waals surface area contributed by atoms with Gasteiger partial charge in [-0.3, -0.25) is 0 Å². The van der Waals surface area contributed by atoms with Gasteiger partial charge in [0.2, 0.25) is 0 Å². The highest BCUT2D eigenvalue weighted by atomic mass is 32.2. The topological polar surface area (TPSA) is 50.9 Å². The fourth-order valence-electron chi connectivity index (χ4n) is 3.18. The Balaban J connectivity index is 2.13. The van der Waals surface area contributed by atoms with Gasteiger partial charge >= 0.3 is 0 Å². The third kappa shape index (κ3) is 3.00. The Morgan fingerprint density at radius 1 is 0.846 bits per heavy atom. The molecule has 4 heteroatoms. The van der Waals surface area contributed by atoms with Gasteiger partial charge in [-0.05, 0) is 23.8 Å². The van der Waals surface area contributed by atoms with Crippen LogP contribution < -0.4 is 10.5 Å². The molecule has 1 heterocycles. The summed E-state index contributed by atoms with van der Waals surface area (Å²) in [7, 11) is 0. The summed E-state index contributed by atoms with van der Waals surface area (Å²) >= 11 is 1.57. The van der Waals surface area contributed by atoms with Crippen molar-refractivity contribution in [1.29, 1.82) is 0 Å². The predicted octanol–water partition coefficient (Wildman–Crippen LogP) is 5.84. The molecule has 0 radical (unpaired) electrons. The van der Waals surface area contributed by atoms with Gasteiger partial charge in [-0.15, -0.1) is 0 Å². The molecular weight excluding hydrogens is 338 g/mol. The highest BCUT2D eigenvalue weighted by molar-refractivity contribution is 7.99. The number of benzene rings is 3. The number of pyridine rings is 1. The van der Waals surface area contributed by atoms with E-state index < -0.39 is 0 Å². The largest absolute Gasteiger partial charge is 0.399 e. The molecule has 0 aliphatic carbocycles. The van der Waals surface area contributed by atoms with Crippen molar-refractivity contribution in [2.75, 3.05) is 16.7 Å². The lowest BCUT2D eigenvalue weighted by atomic mass is 9.95. The van der Waals surface area contributed by atoms with Gasteiger partial charge in [0.25, 0.3) is 0 Å². The lowest BCUT2D eigenvalue weighted by molar-refractivity contribution is 1.39. The van der Waals surface area contributed by atoms with Crippen LogP contribution in [0.4, 0.5) is 11.4 Å². The third-order valence-corrected chi connectivity index (χ3v) is 4.73. The highest BCUT2D eigenvalue weighted by Gasteiger charge is 2.18. The molecule has 0 saturated carbocycles. The first-order valence-corrected chi connectivity index (χ1v) is 9.63. The zero-order chi connectivity index (χ0) is 17.9. The Morgan fingerprint density at radius 3 is 2.15 bits per heavy atom. The number of nitrogen functional groups attached to an aromatic ring is 1. The van der Waals surface area contributed by atoms with E-state index in [1.54, 1.807) is 11.9 Å². The van der Waals surface area contributed by atoms with Gasteiger partial charge < -0.3 is 10.5 Å². The van der Waals surface area contributed by atoms with Gasteiger partial charge in [-0.25, -0.2) is 4.98 Å². The molecule has 1 aromatic heterocycles. The summed E-state index contributed by atoms with van der Waals surface area (Å²) in [4.78, 5) is 5.00. The van der Waals surface area contributed by atoms with Gasteiger partial charge in [0.15, 0.2) is 0 Å². The predicted molar refractivity (Wildman–Crippen MR) is 114 cm³/mol. The molecule has 4 rings (SSSR count). The van der Waals surface area contributed by atoms with Crippen LogP contribution in [0.25, 0.3) is 33.3 Å². The van der Waals surface area contributed by atoms with E-state index in [-0.39, 0.29) is 0 Å². The SMILES string of the molecule is CSNc1c(-c2ccccc2)c(-c2ccccc2)nc2ccc(N)cc12. The van der Waals surface area contributed by atoms with Crippen molar-refractivity contribution in [1.82, 2.24) is 4.98 Å². The molecule has 3 aromatic carbocycles. The first kappa shape index (κ1) is 16.5. The molecule has 0 aliphatic heterocycles. The van der Waals surface area contributed by atoms with Crippen LogP contribution in [-0.2, 0) is 0 Å². The number of nitrogens with one attached hydrogen (secondary N) is 1. The maximum absolute atomic E-state index is 6.06. The lowest BCUT2D eigenvalue weighted by Gasteiger charge is -2.18. The minimum atomic E-state index is 0.731. The van der Waals surface area contributed by atoms with Gasteiger partial charge in [-0.2, -0.15) is 0 Å². The van der Waals surface area contributed by atoms with Crippen LogP contribution in [0.3, 0.4) is 0 Å². The normalized spacial score (nSPS) is 10.8. The summed E-state index contributed by atoms with van der Waals surface area (Å²) in [5.74, 6) is 0. The molecule has 0 aliphatic rings. The van der Waals surface area contributed by atoms with E-state index in [0.29, 0.717) is 0 Å². The number of nitrogens with zero attached hydrogens (tertiary/aromatic N) is 1. The van der Waals surface area contributed by atoms with E-state index in [4.69, 9.17) is 10.7 Å². The lowest BCUT2D eigenvalue weighted by Crippen LogP contribution is -1.99. The van der Waals surface area contributed by atoms with Crippen molar-refractivity contribution in [2.45, 2.75) is 0 Å². The quantitative estimate of drug-likeness (QED) is 0.356. The number of hydrogen-bond donors (Lipinski definition) is 2. The Labute approximate surface area is 157 Å². The van der Waals surface area contributed by atoms with Crippen LogP contribution in [-0.4, -0.2) is 11.2 Å². The molecule has 3 nitrogen and oxygen atoms in total. The molecular formula is C22H19N3S. The Hall–Kier alpha value is -2.98. The third-order valence-electron chi connectivity index (χ3n) is 4.32. The molecule has 0 bridgehead atoms. The molecule has 0 fully saturated rings. The van der Waals surface area contributed by atoms with Crippen molar-refractivity contribution in [3.63, 3.8) is 0 Å². The van der Waals surface area contributed by atoms with Crippen LogP contribution in [0.1, 0.15) is 0 Å². The highest BCUT2D eigenvalue weighted by Crippen LogP contribution is 2.42. The van der Waals surface area contributed by atoms with Crippen molar-refractivity contribution in [3.8, 4) is 22.4 Å². The monoisotopic (exact) mass is 357 g/mol. The van der Waals surface area contributed by atoms with Crippen molar-refractivity contribution in [3.05, 3.63) is 78.9 Å². The first-order chi connectivity index (χ1) is 12.8. The number of fused-ring (bicyclic) bond motifs is 1. The van der Waals surface area contributed by atoms with Crippen molar-refractivity contribution >= 4 is 34.2 Å². The summed E-state index contributed by atoms with van der Waals surface area (Å²) in [5.41, 5.74) is 13.0. The number of aromatic nitrogens is 1. The second-order valence-electron chi connectivity index (χ2n) is 6.03. The number of nitrogens with two attached hydrogens (primary N) is 1. The number of hydrogen-bond acceptors (Lipinski definition) is 4. The second kappa shape index (κ2) is 7.10. The molecule has 128 valence electrons. The molecule has 0 saturated heterocycles. The van der Waals surface area contributed by atoms with Crippen LogP contribution in [0, 0.1) is 0 Å². The Morgan fingerprint density at radius 2 is 1.50 bits per heavy atom. The summed E-state index contributed by atoms with van der Waals surface area (Å²) in [6.45, 7) is 0. The van der Waals surface area contributed by atoms with Crippen LogP contribution in [0.5, 0.6) is 0 Å². The van der Waals surface area contributed by atoms with Crippen LogP contribution >= 0.6 is 11.9 Å². The summed E-state index contributed by atoms with van der Waals surface area (Å²) in [5, 5.41) is 1.03. The van der Waals surface area contributed by atoms with Gasteiger partial charge in [0.05, 0.1) is 16.9 Å². The smallest absolute Gasteiger partial charge is 0.0809 e. The van der Waals surface area contributed by atoms with Crippen molar-refractivity contribution in [2.24, 2.45) is 0 Å². The maximum Gasteiger partial charge on any atom is 0.0809 e. The molecule has 4 aromatic rings. The average molecular weight is 357 g/mol. The van der Waals surface area contributed by atoms with E-state index in [9.17, 15) is 0 Å². The summed E-state index contributed by atoms with van der Waals surface area (Å²) < 4.78 is 3.48. The van der Waals surface area contributed by atoms with Gasteiger partial charge in [-0.1, -0.05) is 72.6 Å². The minimum absolute atomic E-state index is 0.731. The summed E-state index contributed by atoms with van der Waals surface area (Å²) in [6, 6.07) is 26.5. The number of rotatable bonds is 4. The molecule has 0 unspecified atom stereocenters. The minimum Gasteiger partial charge on any atom is -0.399 e. The molecule has 3 N–H and O–H groups in total. The van der Waals surface area contributed by atoms with Crippen molar-refractivity contribution < 1.29 is 0 Å². The summed E-state index contributed by atoms with van der Waals surface area (Å²) in [6.07, 6.45) is 2.02. The average Bonchev–Trinajstić information content (AvgIpc) is 2.69. The van der Waals surface area contributed by atoms with E-state index >= 15 is 0 Å². The van der Waals surface area contributed by atoms with Gasteiger partial charge in [0.1, 0.15) is 0 Å². The zero-order valence-corrected chi connectivity index (χ0v) is 15.3. The van der Waals surface area contributed by atoms with E-state index in [2.05, 4.69) is 41.1 Å².